The summed E-state index contributed by atoms with van der Waals surface area (Å²) in [5.74, 6) is 0. The van der Waals surface area contributed by atoms with E-state index in [1.54, 1.807) is 0 Å². The van der Waals surface area contributed by atoms with E-state index in [9.17, 15) is 0 Å². The molecule has 0 saturated heterocycles. The summed E-state index contributed by atoms with van der Waals surface area (Å²) < 4.78 is 2.32. The average molecular weight is 365 g/mol. The standard InChI is InChI=1S/C25H23N3/c26-25(15-6-1-7-16-25)19-11-8-14-22-23(19)17-9-2-3-10-18(17)24-27-20-12-4-5-13-21(20)28(22)24/h2-5,8-14H,1,6-7,15-16,26H2. The molecule has 0 atom stereocenters. The molecule has 138 valence electrons. The number of para-hydroxylation sites is 2. The van der Waals surface area contributed by atoms with Gasteiger partial charge in [0.05, 0.1) is 16.6 Å². The first-order chi connectivity index (χ1) is 13.8. The van der Waals surface area contributed by atoms with Crippen LogP contribution in [0.4, 0.5) is 0 Å². The van der Waals surface area contributed by atoms with Crippen LogP contribution in [0.3, 0.4) is 0 Å². The van der Waals surface area contributed by atoms with Gasteiger partial charge in [0.25, 0.3) is 0 Å². The van der Waals surface area contributed by atoms with Gasteiger partial charge in [-0.15, -0.1) is 0 Å². The van der Waals surface area contributed by atoms with E-state index in [0.717, 1.165) is 29.5 Å². The Morgan fingerprint density at radius 1 is 0.750 bits per heavy atom. The summed E-state index contributed by atoms with van der Waals surface area (Å²) in [7, 11) is 0. The second-order valence-electron chi connectivity index (χ2n) is 8.22. The number of fused-ring (bicyclic) bond motifs is 8. The lowest BCUT2D eigenvalue weighted by molar-refractivity contribution is 0.304. The van der Waals surface area contributed by atoms with Gasteiger partial charge in [-0.2, -0.15) is 0 Å². The first-order valence-electron chi connectivity index (χ1n) is 10.3. The number of nitrogens with zero attached hydrogens (tertiary/aromatic N) is 2. The lowest BCUT2D eigenvalue weighted by Gasteiger charge is -2.35. The highest BCUT2D eigenvalue weighted by atomic mass is 15.0. The van der Waals surface area contributed by atoms with E-state index in [0.29, 0.717) is 0 Å². The van der Waals surface area contributed by atoms with Crippen LogP contribution in [0, 0.1) is 0 Å². The van der Waals surface area contributed by atoms with Crippen LogP contribution in [-0.4, -0.2) is 9.38 Å². The topological polar surface area (TPSA) is 43.3 Å². The van der Waals surface area contributed by atoms with Crippen molar-refractivity contribution in [2.45, 2.75) is 37.6 Å². The van der Waals surface area contributed by atoms with Crippen LogP contribution in [0.2, 0.25) is 0 Å². The Hall–Kier alpha value is -2.91. The Kier molecular flexibility index (Phi) is 3.33. The number of hydrogen-bond donors (Lipinski definition) is 1. The fourth-order valence-corrected chi connectivity index (χ4v) is 5.22. The maximum Gasteiger partial charge on any atom is 0.146 e. The molecule has 3 nitrogen and oxygen atoms in total. The SMILES string of the molecule is NC1(c2cccc3c2c2ccccc2c2nc4ccccc4n32)CCCCC1. The predicted octanol–water partition coefficient (Wildman–Crippen LogP) is 5.91. The number of nitrogens with two attached hydrogens (primary N) is 1. The van der Waals surface area contributed by atoms with Gasteiger partial charge < -0.3 is 5.73 Å². The van der Waals surface area contributed by atoms with Crippen LogP contribution >= 0.6 is 0 Å². The first kappa shape index (κ1) is 16.1. The van der Waals surface area contributed by atoms with Gasteiger partial charge in [0.15, 0.2) is 0 Å². The smallest absolute Gasteiger partial charge is 0.146 e. The van der Waals surface area contributed by atoms with E-state index in [1.165, 1.54) is 46.5 Å². The largest absolute Gasteiger partial charge is 0.321 e. The normalized spacial score (nSPS) is 17.0. The van der Waals surface area contributed by atoms with Gasteiger partial charge in [-0.25, -0.2) is 4.98 Å². The monoisotopic (exact) mass is 365 g/mol. The van der Waals surface area contributed by atoms with E-state index in [-0.39, 0.29) is 5.54 Å². The molecular weight excluding hydrogens is 342 g/mol. The van der Waals surface area contributed by atoms with Gasteiger partial charge >= 0.3 is 0 Å². The van der Waals surface area contributed by atoms with Gasteiger partial charge in [0, 0.05) is 16.3 Å². The molecule has 2 N–H and O–H groups in total. The number of rotatable bonds is 1. The van der Waals surface area contributed by atoms with E-state index in [2.05, 4.69) is 71.1 Å². The number of hydrogen-bond acceptors (Lipinski definition) is 2. The molecule has 28 heavy (non-hydrogen) atoms. The molecule has 3 heteroatoms. The van der Waals surface area contributed by atoms with Gasteiger partial charge in [-0.3, -0.25) is 4.40 Å². The maximum absolute atomic E-state index is 7.04. The van der Waals surface area contributed by atoms with Crippen molar-refractivity contribution in [3.8, 4) is 0 Å². The van der Waals surface area contributed by atoms with Gasteiger partial charge in [-0.05, 0) is 42.0 Å². The molecule has 0 bridgehead atoms. The Balaban J connectivity index is 1.87. The lowest BCUT2D eigenvalue weighted by Crippen LogP contribution is -2.38. The summed E-state index contributed by atoms with van der Waals surface area (Å²) in [5.41, 5.74) is 12.5. The van der Waals surface area contributed by atoms with Gasteiger partial charge in [-0.1, -0.05) is 67.8 Å². The third-order valence-electron chi connectivity index (χ3n) is 6.56. The van der Waals surface area contributed by atoms with Crippen LogP contribution in [0.25, 0.3) is 38.4 Å². The molecule has 1 aliphatic carbocycles. The number of imidazole rings is 1. The summed E-state index contributed by atoms with van der Waals surface area (Å²) >= 11 is 0. The van der Waals surface area contributed by atoms with Crippen molar-refractivity contribution < 1.29 is 0 Å². The van der Waals surface area contributed by atoms with Crippen molar-refractivity contribution in [3.63, 3.8) is 0 Å². The highest BCUT2D eigenvalue weighted by molar-refractivity contribution is 6.15. The van der Waals surface area contributed by atoms with Crippen molar-refractivity contribution in [3.05, 3.63) is 72.3 Å². The molecule has 1 saturated carbocycles. The minimum Gasteiger partial charge on any atom is -0.321 e. The zero-order valence-corrected chi connectivity index (χ0v) is 15.9. The Bertz CT molecular complexity index is 1360. The number of benzene rings is 3. The summed E-state index contributed by atoms with van der Waals surface area (Å²) in [6.07, 6.45) is 5.83. The molecular formula is C25H23N3. The van der Waals surface area contributed by atoms with Gasteiger partial charge in [0.1, 0.15) is 5.65 Å². The molecule has 0 radical (unpaired) electrons. The van der Waals surface area contributed by atoms with Crippen LogP contribution in [0.5, 0.6) is 0 Å². The van der Waals surface area contributed by atoms with Crippen LogP contribution in [0.15, 0.2) is 66.7 Å². The van der Waals surface area contributed by atoms with E-state index in [1.807, 2.05) is 0 Å². The number of aromatic nitrogens is 2. The molecule has 1 aliphatic rings. The summed E-state index contributed by atoms with van der Waals surface area (Å²) in [6, 6.07) is 23.7. The Morgan fingerprint density at radius 2 is 1.46 bits per heavy atom. The summed E-state index contributed by atoms with van der Waals surface area (Å²) in [4.78, 5) is 4.98. The molecule has 6 rings (SSSR count). The highest BCUT2D eigenvalue weighted by Gasteiger charge is 2.32. The Morgan fingerprint density at radius 3 is 2.32 bits per heavy atom. The fourth-order valence-electron chi connectivity index (χ4n) is 5.22. The van der Waals surface area contributed by atoms with E-state index >= 15 is 0 Å². The maximum atomic E-state index is 7.04. The summed E-state index contributed by atoms with van der Waals surface area (Å²) in [5, 5.41) is 3.74. The molecule has 0 unspecified atom stereocenters. The molecule has 2 aromatic heterocycles. The third kappa shape index (κ3) is 2.11. The second kappa shape index (κ2) is 5.79. The lowest BCUT2D eigenvalue weighted by atomic mass is 9.75. The molecule has 1 fully saturated rings. The van der Waals surface area contributed by atoms with Crippen LogP contribution < -0.4 is 5.73 Å². The molecule has 2 heterocycles. The average Bonchev–Trinajstić information content (AvgIpc) is 3.14. The van der Waals surface area contributed by atoms with Crippen LogP contribution in [-0.2, 0) is 5.54 Å². The molecule has 0 spiro atoms. The van der Waals surface area contributed by atoms with Crippen molar-refractivity contribution in [1.82, 2.24) is 9.38 Å². The predicted molar refractivity (Wildman–Crippen MR) is 117 cm³/mol. The van der Waals surface area contributed by atoms with Crippen molar-refractivity contribution in [2.24, 2.45) is 5.73 Å². The van der Waals surface area contributed by atoms with Crippen molar-refractivity contribution in [2.75, 3.05) is 0 Å². The van der Waals surface area contributed by atoms with Crippen LogP contribution in [0.1, 0.15) is 37.7 Å². The second-order valence-corrected chi connectivity index (χ2v) is 8.22. The number of pyridine rings is 1. The van der Waals surface area contributed by atoms with Crippen molar-refractivity contribution in [1.29, 1.82) is 0 Å². The zero-order valence-electron chi connectivity index (χ0n) is 15.9. The molecule has 3 aromatic carbocycles. The summed E-state index contributed by atoms with van der Waals surface area (Å²) in [6.45, 7) is 0. The minimum absolute atomic E-state index is 0.245. The fraction of sp³-hybridized carbons (Fsp3) is 0.240. The Labute approximate surface area is 163 Å². The molecule has 5 aromatic rings. The minimum atomic E-state index is -0.245. The van der Waals surface area contributed by atoms with E-state index in [4.69, 9.17) is 10.7 Å². The molecule has 0 amide bonds. The molecule has 0 aliphatic heterocycles. The first-order valence-corrected chi connectivity index (χ1v) is 10.3. The van der Waals surface area contributed by atoms with Crippen molar-refractivity contribution >= 4 is 38.4 Å². The quantitative estimate of drug-likeness (QED) is 0.375. The van der Waals surface area contributed by atoms with E-state index < -0.39 is 0 Å². The third-order valence-corrected chi connectivity index (χ3v) is 6.56. The highest BCUT2D eigenvalue weighted by Crippen LogP contribution is 2.41. The van der Waals surface area contributed by atoms with Gasteiger partial charge in [0.2, 0.25) is 0 Å². The zero-order chi connectivity index (χ0) is 18.7.